The predicted octanol–water partition coefficient (Wildman–Crippen LogP) is 4.45. The van der Waals surface area contributed by atoms with Gasteiger partial charge in [-0.25, -0.2) is 0 Å². The average Bonchev–Trinajstić information content (AvgIpc) is 2.81. The van der Waals surface area contributed by atoms with E-state index in [0.717, 1.165) is 18.8 Å². The predicted molar refractivity (Wildman–Crippen MR) is 124 cm³/mol. The molecule has 1 amide bonds. The van der Waals surface area contributed by atoms with Gasteiger partial charge in [-0.15, -0.1) is 0 Å². The van der Waals surface area contributed by atoms with E-state index in [-0.39, 0.29) is 12.0 Å². The van der Waals surface area contributed by atoms with Crippen molar-refractivity contribution in [1.29, 1.82) is 0 Å². The molecule has 5 nitrogen and oxygen atoms in total. The van der Waals surface area contributed by atoms with Gasteiger partial charge in [0.05, 0.1) is 6.54 Å². The van der Waals surface area contributed by atoms with Crippen LogP contribution >= 0.6 is 0 Å². The topological polar surface area (TPSA) is 53.0 Å². The summed E-state index contributed by atoms with van der Waals surface area (Å²) in [4.78, 5) is 17.1. The number of likely N-dealkylation sites (tertiary alicyclic amines) is 1. The van der Waals surface area contributed by atoms with Crippen LogP contribution in [0.25, 0.3) is 0 Å². The third-order valence-electron chi connectivity index (χ3n) is 6.46. The number of amides is 1. The first-order valence-corrected chi connectivity index (χ1v) is 11.6. The number of carbonyl (C=O) groups is 1. The summed E-state index contributed by atoms with van der Waals surface area (Å²) in [7, 11) is 0. The van der Waals surface area contributed by atoms with Crippen LogP contribution in [0.2, 0.25) is 0 Å². The van der Waals surface area contributed by atoms with Gasteiger partial charge in [0.25, 0.3) is 5.91 Å². The highest BCUT2D eigenvalue weighted by atomic mass is 16.5. The molecule has 2 aliphatic heterocycles. The number of hydrogen-bond donors (Lipinski definition) is 1. The monoisotopic (exact) mass is 422 g/mol. The molecule has 2 atom stereocenters. The first-order chi connectivity index (χ1) is 15.0. The minimum atomic E-state index is -0.701. The number of anilines is 1. The van der Waals surface area contributed by atoms with Crippen LogP contribution in [0.15, 0.2) is 48.5 Å². The minimum Gasteiger partial charge on any atom is -0.488 e. The van der Waals surface area contributed by atoms with Crippen molar-refractivity contribution in [3.05, 3.63) is 59.7 Å². The van der Waals surface area contributed by atoms with Gasteiger partial charge in [-0.3, -0.25) is 4.79 Å². The van der Waals surface area contributed by atoms with Crippen LogP contribution in [0.1, 0.15) is 61.4 Å². The molecule has 4 rings (SSSR count). The fourth-order valence-corrected chi connectivity index (χ4v) is 4.50. The van der Waals surface area contributed by atoms with Gasteiger partial charge in [0.15, 0.2) is 0 Å². The Morgan fingerprint density at radius 3 is 2.45 bits per heavy atom. The molecule has 0 radical (unpaired) electrons. The molecular weight excluding hydrogens is 388 g/mol. The van der Waals surface area contributed by atoms with Crippen LogP contribution in [-0.4, -0.2) is 54.3 Å². The van der Waals surface area contributed by atoms with Gasteiger partial charge in [0, 0.05) is 37.3 Å². The smallest absolute Gasteiger partial charge is 0.253 e. The van der Waals surface area contributed by atoms with Crippen LogP contribution in [0, 0.1) is 0 Å². The molecule has 0 aliphatic carbocycles. The zero-order valence-corrected chi connectivity index (χ0v) is 18.7. The van der Waals surface area contributed by atoms with Crippen LogP contribution in [0.5, 0.6) is 5.75 Å². The van der Waals surface area contributed by atoms with E-state index >= 15 is 0 Å². The Kier molecular flexibility index (Phi) is 6.81. The Labute approximate surface area is 185 Å². The zero-order valence-electron chi connectivity index (χ0n) is 18.7. The van der Waals surface area contributed by atoms with Crippen LogP contribution < -0.4 is 9.64 Å². The lowest BCUT2D eigenvalue weighted by atomic mass is 10.0. The number of carbonyl (C=O) groups excluding carboxylic acids is 1. The van der Waals surface area contributed by atoms with Crippen molar-refractivity contribution in [3.63, 3.8) is 0 Å². The molecule has 2 heterocycles. The Morgan fingerprint density at radius 2 is 1.77 bits per heavy atom. The maximum Gasteiger partial charge on any atom is 0.253 e. The Balaban J connectivity index is 1.34. The highest BCUT2D eigenvalue weighted by Gasteiger charge is 2.32. The number of aliphatic hydroxyl groups excluding tert-OH is 1. The van der Waals surface area contributed by atoms with Crippen molar-refractivity contribution in [1.82, 2.24) is 4.90 Å². The SMILES string of the molecule is CC(C)c1cccc(O[C@@H]2CCN(C(=O)c3ccc(N4CCCCC4)cc3)C[C@H]2O)c1. The number of ether oxygens (including phenoxy) is 1. The number of nitrogens with zero attached hydrogens (tertiary/aromatic N) is 2. The molecule has 2 aromatic rings. The highest BCUT2D eigenvalue weighted by molar-refractivity contribution is 5.94. The second kappa shape index (κ2) is 9.73. The molecule has 166 valence electrons. The quantitative estimate of drug-likeness (QED) is 0.773. The summed E-state index contributed by atoms with van der Waals surface area (Å²) in [5, 5.41) is 10.7. The van der Waals surface area contributed by atoms with Gasteiger partial charge in [-0.1, -0.05) is 26.0 Å². The lowest BCUT2D eigenvalue weighted by Crippen LogP contribution is -2.51. The van der Waals surface area contributed by atoms with Crippen molar-refractivity contribution < 1.29 is 14.6 Å². The molecule has 2 aromatic carbocycles. The number of benzene rings is 2. The number of β-amino-alcohol motifs (C(OH)–C–C–N with tert-alkyl or cyclic N) is 1. The van der Waals surface area contributed by atoms with E-state index in [2.05, 4.69) is 24.8 Å². The molecule has 2 saturated heterocycles. The molecule has 0 spiro atoms. The van der Waals surface area contributed by atoms with E-state index < -0.39 is 6.10 Å². The van der Waals surface area contributed by atoms with Crippen molar-refractivity contribution in [3.8, 4) is 5.75 Å². The summed E-state index contributed by atoms with van der Waals surface area (Å²) in [6, 6.07) is 16.0. The number of hydrogen-bond acceptors (Lipinski definition) is 4. The molecular formula is C26H34N2O3. The van der Waals surface area contributed by atoms with Crippen LogP contribution in [0.4, 0.5) is 5.69 Å². The van der Waals surface area contributed by atoms with Gasteiger partial charge in [0.1, 0.15) is 18.0 Å². The maximum absolute atomic E-state index is 13.0. The lowest BCUT2D eigenvalue weighted by molar-refractivity contribution is -0.0199. The van der Waals surface area contributed by atoms with E-state index in [4.69, 9.17) is 4.74 Å². The molecule has 0 aromatic heterocycles. The molecule has 0 bridgehead atoms. The van der Waals surface area contributed by atoms with Gasteiger partial charge in [-0.05, 0) is 67.1 Å². The van der Waals surface area contributed by atoms with Crippen LogP contribution in [0.3, 0.4) is 0 Å². The normalized spacial score (nSPS) is 21.9. The van der Waals surface area contributed by atoms with E-state index in [0.29, 0.717) is 31.0 Å². The number of rotatable bonds is 5. The number of aliphatic hydroxyl groups is 1. The first kappa shape index (κ1) is 21.7. The van der Waals surface area contributed by atoms with Crippen LogP contribution in [-0.2, 0) is 0 Å². The van der Waals surface area contributed by atoms with E-state index in [1.807, 2.05) is 42.5 Å². The fourth-order valence-electron chi connectivity index (χ4n) is 4.50. The largest absolute Gasteiger partial charge is 0.488 e. The summed E-state index contributed by atoms with van der Waals surface area (Å²) in [5.41, 5.74) is 3.08. The second-order valence-electron chi connectivity index (χ2n) is 9.09. The second-order valence-corrected chi connectivity index (χ2v) is 9.09. The molecule has 2 aliphatic rings. The molecule has 0 saturated carbocycles. The summed E-state index contributed by atoms with van der Waals surface area (Å²) in [6.45, 7) is 7.36. The minimum absolute atomic E-state index is 0.0236. The van der Waals surface area contributed by atoms with E-state index in [9.17, 15) is 9.90 Å². The van der Waals surface area contributed by atoms with Crippen molar-refractivity contribution in [2.75, 3.05) is 31.1 Å². The van der Waals surface area contributed by atoms with E-state index in [1.165, 1.54) is 30.5 Å². The summed E-state index contributed by atoms with van der Waals surface area (Å²) >= 11 is 0. The van der Waals surface area contributed by atoms with Crippen molar-refractivity contribution >= 4 is 11.6 Å². The molecule has 0 unspecified atom stereocenters. The third kappa shape index (κ3) is 5.21. The molecule has 2 fully saturated rings. The summed E-state index contributed by atoms with van der Waals surface area (Å²) in [6.07, 6.45) is 3.39. The standard InChI is InChI=1S/C26H34N2O3/c1-19(2)21-7-6-8-23(17-21)31-25-13-16-28(18-24(25)29)26(30)20-9-11-22(12-10-20)27-14-4-3-5-15-27/h6-12,17,19,24-25,29H,3-5,13-16,18H2,1-2H3/t24-,25-/m1/s1. The first-order valence-electron chi connectivity index (χ1n) is 11.6. The number of piperidine rings is 2. The van der Waals surface area contributed by atoms with Crippen molar-refractivity contribution in [2.24, 2.45) is 0 Å². The summed E-state index contributed by atoms with van der Waals surface area (Å²) in [5.74, 6) is 1.18. The maximum atomic E-state index is 13.0. The zero-order chi connectivity index (χ0) is 21.8. The van der Waals surface area contributed by atoms with Gasteiger partial charge < -0.3 is 19.6 Å². The molecule has 1 N–H and O–H groups in total. The Hall–Kier alpha value is -2.53. The van der Waals surface area contributed by atoms with E-state index in [1.54, 1.807) is 4.90 Å². The summed E-state index contributed by atoms with van der Waals surface area (Å²) < 4.78 is 6.08. The fraction of sp³-hybridized carbons (Fsp3) is 0.500. The Morgan fingerprint density at radius 1 is 1.03 bits per heavy atom. The van der Waals surface area contributed by atoms with Gasteiger partial charge in [-0.2, -0.15) is 0 Å². The van der Waals surface area contributed by atoms with Crippen molar-refractivity contribution in [2.45, 2.75) is 57.7 Å². The molecule has 31 heavy (non-hydrogen) atoms. The molecule has 5 heteroatoms. The van der Waals surface area contributed by atoms with Gasteiger partial charge >= 0.3 is 0 Å². The highest BCUT2D eigenvalue weighted by Crippen LogP contribution is 2.25. The Bertz CT molecular complexity index is 874. The third-order valence-corrected chi connectivity index (χ3v) is 6.46. The van der Waals surface area contributed by atoms with Gasteiger partial charge in [0.2, 0.25) is 0 Å². The lowest BCUT2D eigenvalue weighted by Gasteiger charge is -2.36. The average molecular weight is 423 g/mol.